The molecule has 3 aromatic carbocycles. The van der Waals surface area contributed by atoms with E-state index >= 15 is 0 Å². The van der Waals surface area contributed by atoms with E-state index in [2.05, 4.69) is 18.2 Å². The number of benzene rings is 3. The van der Waals surface area contributed by atoms with Crippen molar-refractivity contribution in [3.63, 3.8) is 0 Å². The van der Waals surface area contributed by atoms with Gasteiger partial charge >= 0.3 is 5.97 Å². The molecule has 1 heterocycles. The minimum absolute atomic E-state index is 0.270. The Labute approximate surface area is 147 Å². The molecule has 0 aliphatic rings. The second-order valence-corrected chi connectivity index (χ2v) is 5.94. The van der Waals surface area contributed by atoms with Crippen LogP contribution in [0.2, 0.25) is 6.82 Å². The molecule has 0 spiro atoms. The first-order valence-corrected chi connectivity index (χ1v) is 8.31. The van der Waals surface area contributed by atoms with Crippen molar-refractivity contribution in [3.8, 4) is 0 Å². The van der Waals surface area contributed by atoms with E-state index in [0.717, 1.165) is 27.2 Å². The molecule has 0 N–H and O–H groups in total. The smallest absolute Gasteiger partial charge is 0.354 e. The minimum Gasteiger partial charge on any atom is -0.456 e. The van der Waals surface area contributed by atoms with Gasteiger partial charge in [-0.05, 0) is 22.4 Å². The van der Waals surface area contributed by atoms with Crippen molar-refractivity contribution in [2.24, 2.45) is 0 Å². The summed E-state index contributed by atoms with van der Waals surface area (Å²) in [5.74, 6) is -0.317. The summed E-state index contributed by atoms with van der Waals surface area (Å²) < 4.78 is 7.44. The van der Waals surface area contributed by atoms with Gasteiger partial charge in [0.1, 0.15) is 12.3 Å². The maximum absolute atomic E-state index is 12.6. The fourth-order valence-corrected chi connectivity index (χ4v) is 3.22. The van der Waals surface area contributed by atoms with Crippen molar-refractivity contribution >= 4 is 35.1 Å². The molecule has 0 saturated carbocycles. The summed E-state index contributed by atoms with van der Waals surface area (Å²) in [5, 5.41) is 3.31. The number of ether oxygens (including phenoxy) is 1. The maximum atomic E-state index is 12.6. The Morgan fingerprint density at radius 2 is 1.68 bits per heavy atom. The quantitative estimate of drug-likeness (QED) is 0.403. The van der Waals surface area contributed by atoms with E-state index in [4.69, 9.17) is 4.74 Å². The molecule has 1 aromatic heterocycles. The van der Waals surface area contributed by atoms with Gasteiger partial charge in [0, 0.05) is 10.9 Å². The lowest BCUT2D eigenvalue weighted by Gasteiger charge is -2.09. The summed E-state index contributed by atoms with van der Waals surface area (Å²) in [6, 6.07) is 23.9. The lowest BCUT2D eigenvalue weighted by Crippen LogP contribution is -2.14. The summed E-state index contributed by atoms with van der Waals surface area (Å²) in [6.07, 6.45) is 0. The van der Waals surface area contributed by atoms with Gasteiger partial charge in [-0.2, -0.15) is 0 Å². The highest BCUT2D eigenvalue weighted by Crippen LogP contribution is 2.28. The molecule has 0 unspecified atom stereocenters. The van der Waals surface area contributed by atoms with Gasteiger partial charge in [0.05, 0.1) is 0 Å². The molecule has 25 heavy (non-hydrogen) atoms. The van der Waals surface area contributed by atoms with Crippen LogP contribution in [0.25, 0.3) is 21.7 Å². The van der Waals surface area contributed by atoms with Gasteiger partial charge in [0.25, 0.3) is 0 Å². The third kappa shape index (κ3) is 2.80. The average molecular weight is 326 g/mol. The normalized spacial score (nSPS) is 10.9. The molecule has 0 fully saturated rings. The number of rotatable bonds is 4. The van der Waals surface area contributed by atoms with Crippen LogP contribution in [0.15, 0.2) is 72.8 Å². The largest absolute Gasteiger partial charge is 0.456 e. The zero-order valence-electron chi connectivity index (χ0n) is 14.0. The van der Waals surface area contributed by atoms with Crippen molar-refractivity contribution in [1.29, 1.82) is 0 Å². The van der Waals surface area contributed by atoms with Crippen LogP contribution in [0.1, 0.15) is 16.1 Å². The van der Waals surface area contributed by atoms with E-state index in [1.54, 1.807) is 0 Å². The second kappa shape index (κ2) is 6.48. The Bertz CT molecular complexity index is 1050. The van der Waals surface area contributed by atoms with E-state index in [1.807, 2.05) is 73.3 Å². The molecule has 4 aromatic rings. The van der Waals surface area contributed by atoms with E-state index in [-0.39, 0.29) is 12.6 Å². The standard InChI is InChI=1S/C21H17BNO2/c1-22-23-19(21(24)25-14-15-7-3-2-4-8-15)13-17-12-11-16-9-5-6-10-18(16)20(17)23/h2-13H,14H2,1H3. The molecule has 0 aliphatic heterocycles. The Balaban J connectivity index is 1.74. The highest BCUT2D eigenvalue weighted by molar-refractivity contribution is 6.36. The maximum Gasteiger partial charge on any atom is 0.354 e. The van der Waals surface area contributed by atoms with Gasteiger partial charge in [-0.25, -0.2) is 4.79 Å². The number of carbonyl (C=O) groups is 1. The summed E-state index contributed by atoms with van der Waals surface area (Å²) >= 11 is 0. The molecule has 0 bridgehead atoms. The zero-order valence-corrected chi connectivity index (χ0v) is 14.0. The Morgan fingerprint density at radius 3 is 2.48 bits per heavy atom. The predicted octanol–water partition coefficient (Wildman–Crippen LogP) is 4.67. The van der Waals surface area contributed by atoms with Gasteiger partial charge in [-0.3, -0.25) is 0 Å². The SMILES string of the molecule is C[B]n1c(C(=O)OCc2ccccc2)cc2ccc3ccccc3c21. The monoisotopic (exact) mass is 326 g/mol. The summed E-state index contributed by atoms with van der Waals surface area (Å²) in [6.45, 7) is 2.20. The molecule has 121 valence electrons. The topological polar surface area (TPSA) is 31.2 Å². The molecule has 0 atom stereocenters. The fraction of sp³-hybridized carbons (Fsp3) is 0.0952. The highest BCUT2D eigenvalue weighted by atomic mass is 16.5. The van der Waals surface area contributed by atoms with E-state index in [1.165, 1.54) is 0 Å². The van der Waals surface area contributed by atoms with Gasteiger partial charge in [-0.15, -0.1) is 0 Å². The molecule has 3 nitrogen and oxygen atoms in total. The van der Waals surface area contributed by atoms with Crippen LogP contribution >= 0.6 is 0 Å². The Morgan fingerprint density at radius 1 is 0.960 bits per heavy atom. The predicted molar refractivity (Wildman–Crippen MR) is 102 cm³/mol. The van der Waals surface area contributed by atoms with Crippen LogP contribution in [0.4, 0.5) is 0 Å². The third-order valence-electron chi connectivity index (χ3n) is 4.40. The second-order valence-electron chi connectivity index (χ2n) is 5.94. The van der Waals surface area contributed by atoms with Crippen LogP contribution < -0.4 is 0 Å². The molecule has 0 saturated heterocycles. The number of hydrogen-bond acceptors (Lipinski definition) is 2. The highest BCUT2D eigenvalue weighted by Gasteiger charge is 2.17. The lowest BCUT2D eigenvalue weighted by atomic mass is 9.97. The average Bonchev–Trinajstić information content (AvgIpc) is 3.06. The minimum atomic E-state index is -0.317. The molecule has 4 heteroatoms. The van der Waals surface area contributed by atoms with Gasteiger partial charge in [0.15, 0.2) is 0 Å². The first-order valence-electron chi connectivity index (χ1n) is 8.31. The van der Waals surface area contributed by atoms with Gasteiger partial charge in [0.2, 0.25) is 7.41 Å². The first-order chi connectivity index (χ1) is 12.3. The van der Waals surface area contributed by atoms with Crippen molar-refractivity contribution in [3.05, 3.63) is 84.1 Å². The number of fused-ring (bicyclic) bond motifs is 3. The van der Waals surface area contributed by atoms with E-state index in [0.29, 0.717) is 5.69 Å². The number of nitrogens with zero attached hydrogens (tertiary/aromatic N) is 1. The lowest BCUT2D eigenvalue weighted by molar-refractivity contribution is 0.0465. The number of aromatic nitrogens is 1. The van der Waals surface area contributed by atoms with Crippen molar-refractivity contribution in [1.82, 2.24) is 4.48 Å². The number of hydrogen-bond donors (Lipinski definition) is 0. The van der Waals surface area contributed by atoms with E-state index in [9.17, 15) is 4.79 Å². The van der Waals surface area contributed by atoms with Gasteiger partial charge < -0.3 is 9.21 Å². The van der Waals surface area contributed by atoms with Crippen LogP contribution in [0, 0.1) is 0 Å². The zero-order chi connectivity index (χ0) is 17.2. The first kappa shape index (κ1) is 15.5. The Hall–Kier alpha value is -3.01. The molecular weight excluding hydrogens is 309 g/mol. The summed E-state index contributed by atoms with van der Waals surface area (Å²) in [5.41, 5.74) is 2.56. The van der Waals surface area contributed by atoms with Crippen LogP contribution in [0.3, 0.4) is 0 Å². The van der Waals surface area contributed by atoms with Crippen LogP contribution in [0.5, 0.6) is 0 Å². The summed E-state index contributed by atoms with van der Waals surface area (Å²) in [7, 11) is 1.91. The fourth-order valence-electron chi connectivity index (χ4n) is 3.22. The van der Waals surface area contributed by atoms with Crippen molar-refractivity contribution < 1.29 is 9.53 Å². The molecular formula is C21H17BNO2. The molecule has 0 aliphatic carbocycles. The molecule has 1 radical (unpaired) electrons. The number of carbonyl (C=O) groups excluding carboxylic acids is 1. The Kier molecular flexibility index (Phi) is 4.02. The number of esters is 1. The van der Waals surface area contributed by atoms with Gasteiger partial charge in [-0.1, -0.05) is 73.6 Å². The van der Waals surface area contributed by atoms with Crippen molar-refractivity contribution in [2.45, 2.75) is 13.4 Å². The van der Waals surface area contributed by atoms with Crippen LogP contribution in [-0.2, 0) is 11.3 Å². The van der Waals surface area contributed by atoms with E-state index < -0.39 is 0 Å². The summed E-state index contributed by atoms with van der Waals surface area (Å²) in [4.78, 5) is 12.6. The molecule has 4 rings (SSSR count). The molecule has 0 amide bonds. The van der Waals surface area contributed by atoms with Crippen molar-refractivity contribution in [2.75, 3.05) is 0 Å². The van der Waals surface area contributed by atoms with Crippen LogP contribution in [-0.4, -0.2) is 17.9 Å². The third-order valence-corrected chi connectivity index (χ3v) is 4.40.